The summed E-state index contributed by atoms with van der Waals surface area (Å²) in [6.07, 6.45) is 5.12. The topological polar surface area (TPSA) is 45.2 Å². The standard InChI is InChI=1S/C20H23Cl2N3O/c21-18-7-6-15(12-19(18)22)13-20(26)25(14-16-4-1-2-10-24-16)17-5-3-9-23-11-8-17/h1-2,4,6-7,10,12,17,23H,3,5,8-9,11,13-14H2. The lowest BCUT2D eigenvalue weighted by Gasteiger charge is -2.31. The van der Waals surface area contributed by atoms with E-state index in [9.17, 15) is 4.79 Å². The highest BCUT2D eigenvalue weighted by Crippen LogP contribution is 2.24. The number of amides is 1. The molecule has 1 N–H and O–H groups in total. The van der Waals surface area contributed by atoms with Gasteiger partial charge in [0.25, 0.3) is 0 Å². The number of carbonyl (C=O) groups is 1. The second-order valence-corrected chi connectivity index (χ2v) is 7.42. The number of pyridine rings is 1. The molecule has 0 saturated carbocycles. The van der Waals surface area contributed by atoms with Gasteiger partial charge in [0.15, 0.2) is 0 Å². The first-order valence-corrected chi connectivity index (χ1v) is 9.73. The van der Waals surface area contributed by atoms with Crippen molar-refractivity contribution in [3.63, 3.8) is 0 Å². The molecule has 0 bridgehead atoms. The summed E-state index contributed by atoms with van der Waals surface area (Å²) in [6, 6.07) is 11.4. The summed E-state index contributed by atoms with van der Waals surface area (Å²) in [5.41, 5.74) is 1.79. The molecule has 2 aromatic rings. The van der Waals surface area contributed by atoms with E-state index in [0.29, 0.717) is 23.0 Å². The summed E-state index contributed by atoms with van der Waals surface area (Å²) in [6.45, 7) is 2.48. The third kappa shape index (κ3) is 5.19. The fraction of sp³-hybridized carbons (Fsp3) is 0.400. The molecule has 1 amide bonds. The van der Waals surface area contributed by atoms with Crippen LogP contribution in [0.15, 0.2) is 42.6 Å². The van der Waals surface area contributed by atoms with E-state index in [0.717, 1.165) is 43.6 Å². The zero-order chi connectivity index (χ0) is 18.4. The van der Waals surface area contributed by atoms with E-state index in [2.05, 4.69) is 10.3 Å². The van der Waals surface area contributed by atoms with E-state index in [1.54, 1.807) is 18.3 Å². The fourth-order valence-electron chi connectivity index (χ4n) is 3.33. The monoisotopic (exact) mass is 391 g/mol. The minimum Gasteiger partial charge on any atom is -0.333 e. The Balaban J connectivity index is 1.78. The number of nitrogens with one attached hydrogen (secondary N) is 1. The van der Waals surface area contributed by atoms with Crippen LogP contribution in [0.4, 0.5) is 0 Å². The van der Waals surface area contributed by atoms with Crippen LogP contribution in [0.1, 0.15) is 30.5 Å². The highest BCUT2D eigenvalue weighted by atomic mass is 35.5. The molecule has 4 nitrogen and oxygen atoms in total. The van der Waals surface area contributed by atoms with Crippen LogP contribution in [-0.2, 0) is 17.8 Å². The van der Waals surface area contributed by atoms with Gasteiger partial charge in [-0.2, -0.15) is 0 Å². The van der Waals surface area contributed by atoms with Gasteiger partial charge in [0.2, 0.25) is 5.91 Å². The maximum absolute atomic E-state index is 13.1. The van der Waals surface area contributed by atoms with Gasteiger partial charge in [0.05, 0.1) is 28.7 Å². The van der Waals surface area contributed by atoms with E-state index < -0.39 is 0 Å². The Morgan fingerprint density at radius 1 is 1.15 bits per heavy atom. The minimum atomic E-state index is 0.0981. The highest BCUT2D eigenvalue weighted by molar-refractivity contribution is 6.42. The highest BCUT2D eigenvalue weighted by Gasteiger charge is 2.25. The third-order valence-corrected chi connectivity index (χ3v) is 5.44. The first kappa shape index (κ1) is 19.2. The van der Waals surface area contributed by atoms with E-state index in [-0.39, 0.29) is 11.9 Å². The van der Waals surface area contributed by atoms with Gasteiger partial charge in [-0.05, 0) is 62.2 Å². The number of aromatic nitrogens is 1. The van der Waals surface area contributed by atoms with Crippen molar-refractivity contribution in [2.75, 3.05) is 13.1 Å². The van der Waals surface area contributed by atoms with E-state index >= 15 is 0 Å². The van der Waals surface area contributed by atoms with Crippen LogP contribution < -0.4 is 5.32 Å². The molecule has 0 radical (unpaired) electrons. The van der Waals surface area contributed by atoms with Gasteiger partial charge in [-0.15, -0.1) is 0 Å². The number of rotatable bonds is 5. The normalized spacial score (nSPS) is 17.5. The van der Waals surface area contributed by atoms with Crippen molar-refractivity contribution in [1.29, 1.82) is 0 Å². The van der Waals surface area contributed by atoms with Crippen molar-refractivity contribution in [3.05, 3.63) is 63.9 Å². The quantitative estimate of drug-likeness (QED) is 0.833. The lowest BCUT2D eigenvalue weighted by molar-refractivity contribution is -0.133. The SMILES string of the molecule is O=C(Cc1ccc(Cl)c(Cl)c1)N(Cc1ccccn1)C1CCCNCC1. The van der Waals surface area contributed by atoms with Crippen molar-refractivity contribution >= 4 is 29.1 Å². The van der Waals surface area contributed by atoms with Gasteiger partial charge >= 0.3 is 0 Å². The Hall–Kier alpha value is -1.62. The van der Waals surface area contributed by atoms with Crippen LogP contribution >= 0.6 is 23.2 Å². The lowest BCUT2D eigenvalue weighted by Crippen LogP contribution is -2.41. The Morgan fingerprint density at radius 2 is 2.04 bits per heavy atom. The molecule has 1 aromatic heterocycles. The third-order valence-electron chi connectivity index (χ3n) is 4.70. The van der Waals surface area contributed by atoms with Gasteiger partial charge in [0, 0.05) is 12.2 Å². The number of nitrogens with zero attached hydrogens (tertiary/aromatic N) is 2. The van der Waals surface area contributed by atoms with Crippen LogP contribution in [-0.4, -0.2) is 34.9 Å². The second kappa shape index (κ2) is 9.36. The van der Waals surface area contributed by atoms with Crippen molar-refractivity contribution in [2.45, 2.75) is 38.3 Å². The van der Waals surface area contributed by atoms with Crippen molar-refractivity contribution in [1.82, 2.24) is 15.2 Å². The lowest BCUT2D eigenvalue weighted by atomic mass is 10.0. The Labute approximate surface area is 164 Å². The first-order chi connectivity index (χ1) is 12.6. The average Bonchev–Trinajstić information content (AvgIpc) is 2.93. The smallest absolute Gasteiger partial charge is 0.227 e. The molecule has 1 saturated heterocycles. The second-order valence-electron chi connectivity index (χ2n) is 6.60. The summed E-state index contributed by atoms with van der Waals surface area (Å²) in [4.78, 5) is 19.5. The van der Waals surface area contributed by atoms with E-state index in [1.165, 1.54) is 0 Å². The largest absolute Gasteiger partial charge is 0.333 e. The molecule has 2 heterocycles. The molecule has 1 aliphatic rings. The minimum absolute atomic E-state index is 0.0981. The molecule has 0 aliphatic carbocycles. The summed E-state index contributed by atoms with van der Waals surface area (Å²) >= 11 is 12.1. The van der Waals surface area contributed by atoms with Gasteiger partial charge in [-0.3, -0.25) is 9.78 Å². The van der Waals surface area contributed by atoms with Crippen LogP contribution in [0.25, 0.3) is 0 Å². The van der Waals surface area contributed by atoms with Gasteiger partial charge in [0.1, 0.15) is 0 Å². The first-order valence-electron chi connectivity index (χ1n) is 8.97. The molecule has 3 rings (SSSR count). The predicted octanol–water partition coefficient (Wildman–Crippen LogP) is 4.10. The molecule has 1 aromatic carbocycles. The average molecular weight is 392 g/mol. The summed E-state index contributed by atoms with van der Waals surface area (Å²) in [5, 5.41) is 4.39. The molecule has 1 aliphatic heterocycles. The van der Waals surface area contributed by atoms with E-state index in [1.807, 2.05) is 29.2 Å². The molecular formula is C20H23Cl2N3O. The van der Waals surface area contributed by atoms with Crippen LogP contribution in [0, 0.1) is 0 Å². The van der Waals surface area contributed by atoms with Gasteiger partial charge < -0.3 is 10.2 Å². The van der Waals surface area contributed by atoms with Crippen molar-refractivity contribution < 1.29 is 4.79 Å². The molecule has 26 heavy (non-hydrogen) atoms. The molecule has 138 valence electrons. The summed E-state index contributed by atoms with van der Waals surface area (Å²) in [7, 11) is 0. The van der Waals surface area contributed by atoms with Gasteiger partial charge in [-0.25, -0.2) is 0 Å². The number of benzene rings is 1. The molecule has 1 atom stereocenters. The van der Waals surface area contributed by atoms with Crippen molar-refractivity contribution in [3.8, 4) is 0 Å². The number of carbonyl (C=O) groups excluding carboxylic acids is 1. The zero-order valence-corrected chi connectivity index (χ0v) is 16.1. The Bertz CT molecular complexity index is 731. The van der Waals surface area contributed by atoms with Gasteiger partial charge in [-0.1, -0.05) is 35.3 Å². The number of hydrogen-bond acceptors (Lipinski definition) is 3. The molecule has 1 unspecified atom stereocenters. The van der Waals surface area contributed by atoms with Crippen LogP contribution in [0.2, 0.25) is 10.0 Å². The molecule has 1 fully saturated rings. The molecular weight excluding hydrogens is 369 g/mol. The molecule has 6 heteroatoms. The Morgan fingerprint density at radius 3 is 2.81 bits per heavy atom. The number of halogens is 2. The number of hydrogen-bond donors (Lipinski definition) is 1. The zero-order valence-electron chi connectivity index (χ0n) is 14.6. The Kier molecular flexibility index (Phi) is 6.89. The van der Waals surface area contributed by atoms with Crippen molar-refractivity contribution in [2.24, 2.45) is 0 Å². The van der Waals surface area contributed by atoms with E-state index in [4.69, 9.17) is 23.2 Å². The fourth-order valence-corrected chi connectivity index (χ4v) is 3.65. The summed E-state index contributed by atoms with van der Waals surface area (Å²) in [5.74, 6) is 0.0981. The maximum atomic E-state index is 13.1. The van der Waals surface area contributed by atoms with Crippen LogP contribution in [0.3, 0.4) is 0 Å². The van der Waals surface area contributed by atoms with Crippen LogP contribution in [0.5, 0.6) is 0 Å². The summed E-state index contributed by atoms with van der Waals surface area (Å²) < 4.78 is 0. The predicted molar refractivity (Wildman–Crippen MR) is 105 cm³/mol. The maximum Gasteiger partial charge on any atom is 0.227 e. The molecule has 0 spiro atoms.